The van der Waals surface area contributed by atoms with Gasteiger partial charge in [0.1, 0.15) is 23.3 Å². The zero-order valence-corrected chi connectivity index (χ0v) is 19.6. The van der Waals surface area contributed by atoms with E-state index in [2.05, 4.69) is 26.1 Å². The van der Waals surface area contributed by atoms with Crippen LogP contribution in [-0.2, 0) is 0 Å². The number of piperidine rings is 1. The second-order valence-electron chi connectivity index (χ2n) is 8.46. The van der Waals surface area contributed by atoms with Gasteiger partial charge in [0, 0.05) is 30.8 Å². The average Bonchev–Trinajstić information content (AvgIpc) is 3.31. The number of nitrogens with two attached hydrogens (primary N) is 1. The van der Waals surface area contributed by atoms with Crippen LogP contribution in [0.2, 0.25) is 0 Å². The Bertz CT molecular complexity index is 1460. The molecule has 1 aliphatic heterocycles. The number of hydrogen-bond acceptors (Lipinski definition) is 9. The van der Waals surface area contributed by atoms with E-state index in [-0.39, 0.29) is 11.6 Å². The van der Waals surface area contributed by atoms with Gasteiger partial charge in [-0.1, -0.05) is 6.07 Å². The minimum atomic E-state index is -0.741. The molecule has 1 amide bonds. The summed E-state index contributed by atoms with van der Waals surface area (Å²) in [6, 6.07) is 7.51. The molecule has 11 heteroatoms. The molecule has 11 nitrogen and oxygen atoms in total. The van der Waals surface area contributed by atoms with Crippen LogP contribution in [0.3, 0.4) is 0 Å². The summed E-state index contributed by atoms with van der Waals surface area (Å²) in [7, 11) is 0. The number of aliphatic hydroxyl groups excluding tert-OH is 1. The van der Waals surface area contributed by atoms with Crippen molar-refractivity contribution in [2.75, 3.05) is 24.6 Å². The van der Waals surface area contributed by atoms with Gasteiger partial charge in [0.05, 0.1) is 54.3 Å². The van der Waals surface area contributed by atoms with Crippen LogP contribution in [0.1, 0.15) is 40.9 Å². The Morgan fingerprint density at radius 2 is 2.17 bits per heavy atom. The number of primary amides is 1. The number of β-amino-alcohol motifs (C(OH)–C–C–N with tert-alkyl or cyclic N) is 1. The maximum absolute atomic E-state index is 11.8. The Morgan fingerprint density at radius 1 is 1.31 bits per heavy atom. The van der Waals surface area contributed by atoms with Gasteiger partial charge >= 0.3 is 0 Å². The number of carbonyl (C=O) groups excluding carboxylic acids is 1. The van der Waals surface area contributed by atoms with E-state index in [4.69, 9.17) is 10.5 Å². The van der Waals surface area contributed by atoms with Crippen molar-refractivity contribution in [3.8, 4) is 23.1 Å². The molecular weight excluding hydrogens is 460 g/mol. The maximum atomic E-state index is 11.8. The number of nitriles is 1. The summed E-state index contributed by atoms with van der Waals surface area (Å²) in [4.78, 5) is 27.0. The van der Waals surface area contributed by atoms with Crippen molar-refractivity contribution in [1.29, 1.82) is 5.26 Å². The molecule has 0 spiro atoms. The van der Waals surface area contributed by atoms with Gasteiger partial charge in [-0.15, -0.1) is 0 Å². The molecule has 2 atom stereocenters. The largest absolute Gasteiger partial charge is 0.492 e. The average molecular weight is 485 g/mol. The van der Waals surface area contributed by atoms with Gasteiger partial charge in [-0.2, -0.15) is 10.4 Å². The maximum Gasteiger partial charge on any atom is 0.267 e. The molecule has 1 saturated heterocycles. The van der Waals surface area contributed by atoms with Gasteiger partial charge in [-0.25, -0.2) is 9.50 Å². The van der Waals surface area contributed by atoms with Gasteiger partial charge in [-0.3, -0.25) is 14.8 Å². The smallest absolute Gasteiger partial charge is 0.267 e. The zero-order chi connectivity index (χ0) is 25.2. The Balaban J connectivity index is 1.40. The lowest BCUT2D eigenvalue weighted by Gasteiger charge is -2.37. The molecule has 0 radical (unpaired) electrons. The number of anilines is 1. The Hall–Kier alpha value is -4.56. The normalized spacial score (nSPS) is 17.6. The molecule has 5 rings (SSSR count). The molecule has 3 N–H and O–H groups in total. The van der Waals surface area contributed by atoms with Crippen LogP contribution < -0.4 is 15.4 Å². The first-order valence-electron chi connectivity index (χ1n) is 11.5. The van der Waals surface area contributed by atoms with E-state index in [0.717, 1.165) is 0 Å². The van der Waals surface area contributed by atoms with E-state index in [9.17, 15) is 15.2 Å². The van der Waals surface area contributed by atoms with Gasteiger partial charge in [-0.05, 0) is 31.0 Å². The highest BCUT2D eigenvalue weighted by Crippen LogP contribution is 2.33. The lowest BCUT2D eigenvalue weighted by atomic mass is 9.86. The first-order chi connectivity index (χ1) is 17.5. The third-order valence-corrected chi connectivity index (χ3v) is 6.31. The number of carbonyl (C=O) groups is 1. The van der Waals surface area contributed by atoms with Gasteiger partial charge in [0.25, 0.3) is 5.91 Å². The van der Waals surface area contributed by atoms with E-state index < -0.39 is 12.0 Å². The van der Waals surface area contributed by atoms with Crippen LogP contribution in [-0.4, -0.2) is 61.4 Å². The number of amides is 1. The molecule has 4 aromatic heterocycles. The summed E-state index contributed by atoms with van der Waals surface area (Å²) in [5.41, 5.74) is 8.63. The summed E-state index contributed by atoms with van der Waals surface area (Å²) < 4.78 is 7.26. The Morgan fingerprint density at radius 3 is 2.86 bits per heavy atom. The summed E-state index contributed by atoms with van der Waals surface area (Å²) >= 11 is 0. The number of ether oxygens (including phenoxy) is 1. The topological polar surface area (TPSA) is 156 Å². The van der Waals surface area contributed by atoms with Crippen LogP contribution in [0, 0.1) is 11.3 Å². The Kier molecular flexibility index (Phi) is 6.18. The van der Waals surface area contributed by atoms with Crippen molar-refractivity contribution in [2.45, 2.75) is 25.4 Å². The molecule has 0 aromatic carbocycles. The number of aromatic nitrogens is 5. The monoisotopic (exact) mass is 484 g/mol. The molecule has 1 fully saturated rings. The minimum absolute atomic E-state index is 0.191. The zero-order valence-electron chi connectivity index (χ0n) is 19.6. The number of fused-ring (bicyclic) bond motifs is 1. The van der Waals surface area contributed by atoms with E-state index in [1.54, 1.807) is 35.2 Å². The fourth-order valence-corrected chi connectivity index (χ4v) is 4.67. The summed E-state index contributed by atoms with van der Waals surface area (Å²) in [5.74, 6) is 0.352. The van der Waals surface area contributed by atoms with Crippen LogP contribution in [0.5, 0.6) is 5.75 Å². The molecule has 1 aliphatic rings. The predicted molar refractivity (Wildman–Crippen MR) is 130 cm³/mol. The Labute approximate surface area is 206 Å². The quantitative estimate of drug-likeness (QED) is 0.417. The standard InChI is InChI=1S/C25H24N8O3/c1-2-36-16-8-19(24-15(9-26)10-31-33(24)13-16)20-11-30-22(12-29-20)32-7-5-17(21(34)14-32)18-4-3-6-28-23(18)25(27)35/h3-4,6,8,10-13,17,21,34H,2,5,7,14H2,1H3,(H2,27,35)/t17-,21+/m0/s1. The molecule has 0 saturated carbocycles. The molecule has 0 bridgehead atoms. The second kappa shape index (κ2) is 9.59. The van der Waals surface area contributed by atoms with E-state index in [0.29, 0.717) is 65.6 Å². The van der Waals surface area contributed by atoms with Crippen LogP contribution in [0.15, 0.2) is 49.2 Å². The molecule has 0 unspecified atom stereocenters. The predicted octanol–water partition coefficient (Wildman–Crippen LogP) is 1.91. The van der Waals surface area contributed by atoms with E-state index in [1.807, 2.05) is 17.9 Å². The number of rotatable bonds is 6. The van der Waals surface area contributed by atoms with Crippen molar-refractivity contribution in [1.82, 2.24) is 24.6 Å². The molecule has 0 aliphatic carbocycles. The SMILES string of the molecule is CCOc1cc(-c2cnc(N3CC[C@@H](c4cccnc4C(N)=O)[C@H](O)C3)cn2)c2c(C#N)cnn2c1. The van der Waals surface area contributed by atoms with E-state index in [1.165, 1.54) is 12.4 Å². The highest BCUT2D eigenvalue weighted by atomic mass is 16.5. The van der Waals surface area contributed by atoms with Gasteiger partial charge in [0.2, 0.25) is 0 Å². The summed E-state index contributed by atoms with van der Waals surface area (Å²) in [5, 5.41) is 24.7. The van der Waals surface area contributed by atoms with Gasteiger partial charge < -0.3 is 20.5 Å². The fraction of sp³-hybridized carbons (Fsp3) is 0.280. The summed E-state index contributed by atoms with van der Waals surface area (Å²) in [6.45, 7) is 3.30. The van der Waals surface area contributed by atoms with Crippen molar-refractivity contribution in [3.63, 3.8) is 0 Å². The van der Waals surface area contributed by atoms with Crippen molar-refractivity contribution in [2.24, 2.45) is 5.73 Å². The lowest BCUT2D eigenvalue weighted by molar-refractivity contribution is 0.0988. The van der Waals surface area contributed by atoms with Crippen LogP contribution in [0.25, 0.3) is 16.8 Å². The minimum Gasteiger partial charge on any atom is -0.492 e. The van der Waals surface area contributed by atoms with Crippen molar-refractivity contribution >= 4 is 17.2 Å². The molecule has 5 heterocycles. The fourth-order valence-electron chi connectivity index (χ4n) is 4.67. The first kappa shape index (κ1) is 23.2. The van der Waals surface area contributed by atoms with Crippen molar-refractivity contribution < 1.29 is 14.6 Å². The van der Waals surface area contributed by atoms with Crippen molar-refractivity contribution in [3.05, 3.63) is 66.0 Å². The number of aliphatic hydroxyl groups is 1. The highest BCUT2D eigenvalue weighted by Gasteiger charge is 2.32. The third kappa shape index (κ3) is 4.18. The molecular formula is C25H24N8O3. The summed E-state index contributed by atoms with van der Waals surface area (Å²) in [6.07, 6.45) is 7.89. The number of hydrogen-bond donors (Lipinski definition) is 2. The molecule has 4 aromatic rings. The van der Waals surface area contributed by atoms with E-state index >= 15 is 0 Å². The highest BCUT2D eigenvalue weighted by molar-refractivity contribution is 5.92. The van der Waals surface area contributed by atoms with Crippen LogP contribution >= 0.6 is 0 Å². The lowest BCUT2D eigenvalue weighted by Crippen LogP contribution is -2.43. The van der Waals surface area contributed by atoms with Gasteiger partial charge in [0.15, 0.2) is 0 Å². The first-order valence-corrected chi connectivity index (χ1v) is 11.5. The van der Waals surface area contributed by atoms with Crippen LogP contribution in [0.4, 0.5) is 5.82 Å². The number of nitrogens with zero attached hydrogens (tertiary/aromatic N) is 7. The molecule has 182 valence electrons. The number of pyridine rings is 2. The third-order valence-electron chi connectivity index (χ3n) is 6.31. The molecule has 36 heavy (non-hydrogen) atoms. The second-order valence-corrected chi connectivity index (χ2v) is 8.46.